The van der Waals surface area contributed by atoms with E-state index in [9.17, 15) is 9.18 Å². The molecule has 1 atom stereocenters. The van der Waals surface area contributed by atoms with E-state index in [4.69, 9.17) is 11.6 Å². The van der Waals surface area contributed by atoms with Crippen molar-refractivity contribution in [2.24, 2.45) is 5.92 Å². The minimum absolute atomic E-state index is 0.00656. The lowest BCUT2D eigenvalue weighted by Gasteiger charge is -2.32. The second-order valence-corrected chi connectivity index (χ2v) is 7.50. The zero-order valence-electron chi connectivity index (χ0n) is 15.7. The van der Waals surface area contributed by atoms with E-state index in [1.54, 1.807) is 36.4 Å². The maximum absolute atomic E-state index is 13.1. The minimum Gasteiger partial charge on any atom is -0.354 e. The molecule has 4 rings (SSSR count). The Morgan fingerprint density at radius 1 is 1.03 bits per heavy atom. The number of rotatable bonds is 4. The lowest BCUT2D eigenvalue weighted by atomic mass is 9.97. The number of anilines is 2. The van der Waals surface area contributed by atoms with Gasteiger partial charge in [0.2, 0.25) is 5.91 Å². The van der Waals surface area contributed by atoms with Crippen LogP contribution in [0.3, 0.4) is 0 Å². The van der Waals surface area contributed by atoms with Crippen LogP contribution in [-0.2, 0) is 4.79 Å². The monoisotopic (exact) mass is 410 g/mol. The Labute approximate surface area is 173 Å². The molecule has 5 nitrogen and oxygen atoms in total. The van der Waals surface area contributed by atoms with Crippen LogP contribution in [0.5, 0.6) is 0 Å². The molecule has 29 heavy (non-hydrogen) atoms. The van der Waals surface area contributed by atoms with Crippen LogP contribution in [0.2, 0.25) is 5.02 Å². The Hall–Kier alpha value is -2.99. The van der Waals surface area contributed by atoms with Gasteiger partial charge in [0, 0.05) is 29.4 Å². The molecule has 1 amide bonds. The summed E-state index contributed by atoms with van der Waals surface area (Å²) in [6, 6.07) is 17.0. The van der Waals surface area contributed by atoms with Gasteiger partial charge in [-0.15, -0.1) is 10.2 Å². The summed E-state index contributed by atoms with van der Waals surface area (Å²) in [6.07, 6.45) is 1.73. The molecule has 148 valence electrons. The van der Waals surface area contributed by atoms with E-state index in [-0.39, 0.29) is 17.6 Å². The molecule has 0 spiro atoms. The summed E-state index contributed by atoms with van der Waals surface area (Å²) in [5.41, 5.74) is 2.23. The van der Waals surface area contributed by atoms with E-state index in [0.717, 1.165) is 36.5 Å². The summed E-state index contributed by atoms with van der Waals surface area (Å²) in [5, 5.41) is 12.2. The lowest BCUT2D eigenvalue weighted by molar-refractivity contribution is -0.120. The van der Waals surface area contributed by atoms with Gasteiger partial charge in [0.25, 0.3) is 0 Å². The molecule has 0 aliphatic carbocycles. The van der Waals surface area contributed by atoms with Crippen molar-refractivity contribution in [1.29, 1.82) is 0 Å². The van der Waals surface area contributed by atoms with E-state index in [0.29, 0.717) is 17.3 Å². The highest BCUT2D eigenvalue weighted by Crippen LogP contribution is 2.24. The fourth-order valence-electron chi connectivity index (χ4n) is 3.45. The van der Waals surface area contributed by atoms with Gasteiger partial charge >= 0.3 is 0 Å². The number of carbonyl (C=O) groups excluding carboxylic acids is 1. The highest BCUT2D eigenvalue weighted by Gasteiger charge is 2.26. The van der Waals surface area contributed by atoms with Gasteiger partial charge in [0.05, 0.1) is 11.6 Å². The fourth-order valence-corrected chi connectivity index (χ4v) is 3.57. The number of amides is 1. The summed E-state index contributed by atoms with van der Waals surface area (Å²) in [7, 11) is 0. The number of piperidine rings is 1. The normalized spacial score (nSPS) is 16.5. The first-order chi connectivity index (χ1) is 14.1. The van der Waals surface area contributed by atoms with Crippen molar-refractivity contribution in [3.8, 4) is 11.3 Å². The van der Waals surface area contributed by atoms with Crippen LogP contribution >= 0.6 is 11.6 Å². The first-order valence-corrected chi connectivity index (χ1v) is 9.87. The number of halogens is 2. The molecule has 1 aromatic heterocycles. The second kappa shape index (κ2) is 8.57. The average molecular weight is 411 g/mol. The van der Waals surface area contributed by atoms with E-state index >= 15 is 0 Å². The molecular formula is C22H20ClFN4O. The van der Waals surface area contributed by atoms with E-state index in [2.05, 4.69) is 20.4 Å². The number of nitrogens with one attached hydrogen (secondary N) is 1. The van der Waals surface area contributed by atoms with Gasteiger partial charge in [0.1, 0.15) is 5.82 Å². The van der Waals surface area contributed by atoms with Gasteiger partial charge in [-0.25, -0.2) is 4.39 Å². The largest absolute Gasteiger partial charge is 0.354 e. The number of benzene rings is 2. The molecule has 1 unspecified atom stereocenters. The molecule has 1 aliphatic rings. The summed E-state index contributed by atoms with van der Waals surface area (Å²) >= 11 is 5.89. The number of aromatic nitrogens is 2. The smallest absolute Gasteiger partial charge is 0.229 e. The summed E-state index contributed by atoms with van der Waals surface area (Å²) in [5.74, 6) is 0.320. The third-order valence-corrected chi connectivity index (χ3v) is 5.27. The minimum atomic E-state index is -0.283. The predicted molar refractivity (Wildman–Crippen MR) is 112 cm³/mol. The van der Waals surface area contributed by atoms with Crippen molar-refractivity contribution >= 4 is 29.0 Å². The first-order valence-electron chi connectivity index (χ1n) is 9.49. The van der Waals surface area contributed by atoms with Gasteiger partial charge in [-0.1, -0.05) is 11.6 Å². The Bertz CT molecular complexity index is 977. The molecule has 0 bridgehead atoms. The van der Waals surface area contributed by atoms with E-state index in [1.807, 2.05) is 12.1 Å². The quantitative estimate of drug-likeness (QED) is 0.671. The maximum atomic E-state index is 13.1. The van der Waals surface area contributed by atoms with Crippen LogP contribution in [0.25, 0.3) is 11.3 Å². The maximum Gasteiger partial charge on any atom is 0.229 e. The van der Waals surface area contributed by atoms with Gasteiger partial charge < -0.3 is 10.2 Å². The SMILES string of the molecule is O=C(Nc1ccc(Cl)cc1)C1CCCN(c2ccc(-c3ccc(F)cc3)nn2)C1. The van der Waals surface area contributed by atoms with Crippen molar-refractivity contribution in [3.63, 3.8) is 0 Å². The Morgan fingerprint density at radius 2 is 1.79 bits per heavy atom. The number of hydrogen-bond acceptors (Lipinski definition) is 4. The highest BCUT2D eigenvalue weighted by molar-refractivity contribution is 6.30. The molecule has 0 saturated carbocycles. The van der Waals surface area contributed by atoms with E-state index < -0.39 is 0 Å². The van der Waals surface area contributed by atoms with Crippen LogP contribution in [0.4, 0.5) is 15.9 Å². The Morgan fingerprint density at radius 3 is 2.48 bits per heavy atom. The first kappa shape index (κ1) is 19.3. The van der Waals surface area contributed by atoms with Crippen molar-refractivity contribution in [1.82, 2.24) is 10.2 Å². The standard InChI is InChI=1S/C22H20ClFN4O/c23-17-5-9-19(10-6-17)25-22(29)16-2-1-13-28(14-16)21-12-11-20(26-27-21)15-3-7-18(24)8-4-15/h3-12,16H,1-2,13-14H2,(H,25,29). The third kappa shape index (κ3) is 4.71. The van der Waals surface area contributed by atoms with Crippen LogP contribution in [-0.4, -0.2) is 29.2 Å². The van der Waals surface area contributed by atoms with Crippen LogP contribution in [0.1, 0.15) is 12.8 Å². The molecule has 3 aromatic rings. The topological polar surface area (TPSA) is 58.1 Å². The number of carbonyl (C=O) groups is 1. The van der Waals surface area contributed by atoms with Crippen molar-refractivity contribution in [3.05, 3.63) is 71.5 Å². The molecule has 1 N–H and O–H groups in total. The molecule has 0 radical (unpaired) electrons. The lowest BCUT2D eigenvalue weighted by Crippen LogP contribution is -2.41. The van der Waals surface area contributed by atoms with Crippen LogP contribution in [0.15, 0.2) is 60.7 Å². The van der Waals surface area contributed by atoms with Crippen LogP contribution < -0.4 is 10.2 Å². The molecule has 1 aliphatic heterocycles. The number of hydrogen-bond donors (Lipinski definition) is 1. The molecule has 2 heterocycles. The second-order valence-electron chi connectivity index (χ2n) is 7.06. The molecule has 2 aromatic carbocycles. The Balaban J connectivity index is 1.41. The summed E-state index contributed by atoms with van der Waals surface area (Å²) < 4.78 is 13.1. The molecule has 1 saturated heterocycles. The van der Waals surface area contributed by atoms with Crippen molar-refractivity contribution < 1.29 is 9.18 Å². The predicted octanol–water partition coefficient (Wildman–Crippen LogP) is 4.79. The average Bonchev–Trinajstić information content (AvgIpc) is 2.76. The molecular weight excluding hydrogens is 391 g/mol. The Kier molecular flexibility index (Phi) is 5.71. The van der Waals surface area contributed by atoms with Gasteiger partial charge in [0.15, 0.2) is 5.82 Å². The highest BCUT2D eigenvalue weighted by atomic mass is 35.5. The summed E-state index contributed by atoms with van der Waals surface area (Å²) in [4.78, 5) is 14.7. The van der Waals surface area contributed by atoms with Gasteiger partial charge in [-0.3, -0.25) is 4.79 Å². The van der Waals surface area contributed by atoms with Crippen LogP contribution in [0, 0.1) is 11.7 Å². The van der Waals surface area contributed by atoms with Gasteiger partial charge in [-0.2, -0.15) is 0 Å². The zero-order valence-corrected chi connectivity index (χ0v) is 16.4. The number of nitrogens with zero attached hydrogens (tertiary/aromatic N) is 3. The van der Waals surface area contributed by atoms with E-state index in [1.165, 1.54) is 12.1 Å². The van der Waals surface area contributed by atoms with Gasteiger partial charge in [-0.05, 0) is 73.5 Å². The third-order valence-electron chi connectivity index (χ3n) is 5.02. The zero-order chi connectivity index (χ0) is 20.2. The molecule has 7 heteroatoms. The summed E-state index contributed by atoms with van der Waals surface area (Å²) in [6.45, 7) is 1.42. The van der Waals surface area contributed by atoms with Crippen molar-refractivity contribution in [2.75, 3.05) is 23.3 Å². The van der Waals surface area contributed by atoms with Crippen molar-refractivity contribution in [2.45, 2.75) is 12.8 Å². The molecule has 1 fully saturated rings. The fraction of sp³-hybridized carbons (Fsp3) is 0.227.